The van der Waals surface area contributed by atoms with E-state index in [4.69, 9.17) is 23.2 Å². The average Bonchev–Trinajstić information content (AvgIpc) is 3.21. The highest BCUT2D eigenvalue weighted by Crippen LogP contribution is 2.34. The van der Waals surface area contributed by atoms with Crippen molar-refractivity contribution in [1.29, 1.82) is 0 Å². The van der Waals surface area contributed by atoms with Crippen LogP contribution < -0.4 is 5.32 Å². The van der Waals surface area contributed by atoms with Gasteiger partial charge in [0.15, 0.2) is 0 Å². The molecule has 0 fully saturated rings. The molecule has 0 aliphatic heterocycles. The summed E-state index contributed by atoms with van der Waals surface area (Å²) < 4.78 is 1.94. The summed E-state index contributed by atoms with van der Waals surface area (Å²) in [4.78, 5) is 22.5. The highest BCUT2D eigenvalue weighted by molar-refractivity contribution is 7.98. The summed E-state index contributed by atoms with van der Waals surface area (Å²) >= 11 is 13.9. The zero-order valence-electron chi connectivity index (χ0n) is 14.7. The summed E-state index contributed by atoms with van der Waals surface area (Å²) in [6.07, 6.45) is 9.13. The molecular weight excluding hydrogens is 415 g/mol. The molecule has 5 nitrogen and oxygen atoms in total. The van der Waals surface area contributed by atoms with E-state index in [2.05, 4.69) is 15.3 Å². The molecule has 0 spiro atoms. The van der Waals surface area contributed by atoms with Crippen LogP contribution >= 0.6 is 35.0 Å². The number of nitrogens with zero attached hydrogens (tertiary/aromatic N) is 3. The average molecular weight is 429 g/mol. The smallest absolute Gasteiger partial charge is 0.258 e. The SMILES string of the molecule is CSc1cnc2c(NC(=O)c3c(Cl)cccc3Cl)cccc2c1-n1ccnc1. The summed E-state index contributed by atoms with van der Waals surface area (Å²) in [6, 6.07) is 10.6. The van der Waals surface area contributed by atoms with Gasteiger partial charge in [0.1, 0.15) is 0 Å². The second-order valence-electron chi connectivity index (χ2n) is 5.90. The Kier molecular flexibility index (Phi) is 5.26. The van der Waals surface area contributed by atoms with Gasteiger partial charge in [0, 0.05) is 24.0 Å². The van der Waals surface area contributed by atoms with Crippen LogP contribution in [0.5, 0.6) is 0 Å². The van der Waals surface area contributed by atoms with Gasteiger partial charge in [-0.15, -0.1) is 11.8 Å². The predicted octanol–water partition coefficient (Wildman–Crippen LogP) is 5.70. The molecule has 0 saturated carbocycles. The van der Waals surface area contributed by atoms with E-state index < -0.39 is 0 Å². The number of fused-ring (bicyclic) bond motifs is 1. The molecule has 0 saturated heterocycles. The van der Waals surface area contributed by atoms with E-state index in [0.29, 0.717) is 21.2 Å². The normalized spacial score (nSPS) is 11.0. The van der Waals surface area contributed by atoms with E-state index in [0.717, 1.165) is 16.0 Å². The van der Waals surface area contributed by atoms with Gasteiger partial charge in [0.2, 0.25) is 0 Å². The third kappa shape index (κ3) is 3.35. The third-order valence-electron chi connectivity index (χ3n) is 4.26. The minimum absolute atomic E-state index is 0.235. The van der Waals surface area contributed by atoms with E-state index in [9.17, 15) is 4.79 Å². The molecule has 2 heterocycles. The van der Waals surface area contributed by atoms with Gasteiger partial charge in [-0.2, -0.15) is 0 Å². The number of pyridine rings is 1. The molecule has 4 rings (SSSR count). The zero-order valence-corrected chi connectivity index (χ0v) is 17.0. The number of halogens is 2. The Balaban J connectivity index is 1.83. The Morgan fingerprint density at radius 2 is 1.89 bits per heavy atom. The zero-order chi connectivity index (χ0) is 19.7. The maximum atomic E-state index is 12.8. The minimum Gasteiger partial charge on any atom is -0.320 e. The number of thioether (sulfide) groups is 1. The number of benzene rings is 2. The molecule has 4 aromatic rings. The molecule has 0 aliphatic rings. The van der Waals surface area contributed by atoms with Crippen molar-refractivity contribution in [3.63, 3.8) is 0 Å². The monoisotopic (exact) mass is 428 g/mol. The fourth-order valence-corrected chi connectivity index (χ4v) is 4.13. The first-order chi connectivity index (χ1) is 13.6. The Hall–Kier alpha value is -2.54. The molecule has 0 bridgehead atoms. The van der Waals surface area contributed by atoms with Crippen LogP contribution in [0.3, 0.4) is 0 Å². The third-order valence-corrected chi connectivity index (χ3v) is 5.62. The molecule has 0 unspecified atom stereocenters. The number of imidazole rings is 1. The van der Waals surface area contributed by atoms with E-state index in [1.807, 2.05) is 29.2 Å². The van der Waals surface area contributed by atoms with Crippen LogP contribution in [0.15, 0.2) is 66.2 Å². The van der Waals surface area contributed by atoms with Crippen molar-refractivity contribution >= 4 is 57.5 Å². The van der Waals surface area contributed by atoms with Crippen LogP contribution in [0.1, 0.15) is 10.4 Å². The van der Waals surface area contributed by atoms with Crippen LogP contribution in [0.2, 0.25) is 10.0 Å². The number of para-hydroxylation sites is 1. The second-order valence-corrected chi connectivity index (χ2v) is 7.56. The molecule has 2 aromatic carbocycles. The summed E-state index contributed by atoms with van der Waals surface area (Å²) in [5.41, 5.74) is 2.44. The standard InChI is InChI=1S/C20H14Cl2N4OS/c1-28-16-10-24-18-12(19(16)26-9-8-23-11-26)4-2-7-15(18)25-20(27)17-13(21)5-3-6-14(17)22/h2-11H,1H3,(H,25,27). The van der Waals surface area contributed by atoms with Crippen molar-refractivity contribution in [3.8, 4) is 5.69 Å². The van der Waals surface area contributed by atoms with Crippen molar-refractivity contribution in [3.05, 3.63) is 76.9 Å². The van der Waals surface area contributed by atoms with Crippen molar-refractivity contribution in [1.82, 2.24) is 14.5 Å². The molecule has 0 aliphatic carbocycles. The molecular formula is C20H14Cl2N4OS. The van der Waals surface area contributed by atoms with Gasteiger partial charge in [0.05, 0.1) is 43.7 Å². The summed E-state index contributed by atoms with van der Waals surface area (Å²) in [6.45, 7) is 0. The molecule has 28 heavy (non-hydrogen) atoms. The lowest BCUT2D eigenvalue weighted by molar-refractivity contribution is 0.102. The number of amides is 1. The predicted molar refractivity (Wildman–Crippen MR) is 115 cm³/mol. The Labute approximate surface area is 175 Å². The van der Waals surface area contributed by atoms with Gasteiger partial charge >= 0.3 is 0 Å². The summed E-state index contributed by atoms with van der Waals surface area (Å²) in [5, 5.41) is 4.37. The Bertz CT molecular complexity index is 1160. The first-order valence-corrected chi connectivity index (χ1v) is 10.3. The summed E-state index contributed by atoms with van der Waals surface area (Å²) in [5.74, 6) is -0.386. The van der Waals surface area contributed by atoms with Crippen LogP contribution in [0.4, 0.5) is 5.69 Å². The lowest BCUT2D eigenvalue weighted by Gasteiger charge is -2.15. The van der Waals surface area contributed by atoms with Gasteiger partial charge in [-0.3, -0.25) is 9.78 Å². The maximum Gasteiger partial charge on any atom is 0.258 e. The largest absolute Gasteiger partial charge is 0.320 e. The lowest BCUT2D eigenvalue weighted by Crippen LogP contribution is -2.14. The quantitative estimate of drug-likeness (QED) is 0.423. The number of hydrogen-bond donors (Lipinski definition) is 1. The number of anilines is 1. The van der Waals surface area contributed by atoms with Crippen molar-refractivity contribution in [2.75, 3.05) is 11.6 Å². The van der Waals surface area contributed by atoms with Crippen molar-refractivity contribution in [2.45, 2.75) is 4.90 Å². The molecule has 2 aromatic heterocycles. The molecule has 8 heteroatoms. The van der Waals surface area contributed by atoms with Gasteiger partial charge in [-0.25, -0.2) is 4.98 Å². The highest BCUT2D eigenvalue weighted by atomic mass is 35.5. The first-order valence-electron chi connectivity index (χ1n) is 8.29. The number of hydrogen-bond acceptors (Lipinski definition) is 4. The second kappa shape index (κ2) is 7.83. The van der Waals surface area contributed by atoms with Crippen LogP contribution in [0.25, 0.3) is 16.6 Å². The number of carbonyl (C=O) groups excluding carboxylic acids is 1. The Morgan fingerprint density at radius 1 is 1.14 bits per heavy atom. The van der Waals surface area contributed by atoms with Crippen molar-refractivity contribution < 1.29 is 4.79 Å². The van der Waals surface area contributed by atoms with E-state index in [1.54, 1.807) is 54.7 Å². The van der Waals surface area contributed by atoms with Crippen molar-refractivity contribution in [2.24, 2.45) is 0 Å². The number of nitrogens with one attached hydrogen (secondary N) is 1. The topological polar surface area (TPSA) is 59.8 Å². The molecule has 1 amide bonds. The van der Waals surface area contributed by atoms with Crippen LogP contribution in [-0.2, 0) is 0 Å². The first kappa shape index (κ1) is 18.8. The summed E-state index contributed by atoms with van der Waals surface area (Å²) in [7, 11) is 0. The van der Waals surface area contributed by atoms with Crippen LogP contribution in [-0.4, -0.2) is 26.7 Å². The van der Waals surface area contributed by atoms with E-state index in [1.165, 1.54) is 0 Å². The van der Waals surface area contributed by atoms with Crippen LogP contribution in [0, 0.1) is 0 Å². The Morgan fingerprint density at radius 3 is 2.57 bits per heavy atom. The molecule has 0 atom stereocenters. The number of carbonyl (C=O) groups is 1. The maximum absolute atomic E-state index is 12.8. The fraction of sp³-hybridized carbons (Fsp3) is 0.0500. The van der Waals surface area contributed by atoms with Gasteiger partial charge < -0.3 is 9.88 Å². The van der Waals surface area contributed by atoms with Gasteiger partial charge in [-0.1, -0.05) is 41.4 Å². The fourth-order valence-electron chi connectivity index (χ4n) is 3.00. The molecule has 140 valence electrons. The van der Waals surface area contributed by atoms with Gasteiger partial charge in [-0.05, 0) is 24.5 Å². The minimum atomic E-state index is -0.386. The highest BCUT2D eigenvalue weighted by Gasteiger charge is 2.18. The van der Waals surface area contributed by atoms with Gasteiger partial charge in [0.25, 0.3) is 5.91 Å². The van der Waals surface area contributed by atoms with E-state index >= 15 is 0 Å². The molecule has 1 N–H and O–H groups in total. The number of aromatic nitrogens is 3. The molecule has 0 radical (unpaired) electrons. The number of rotatable bonds is 4. The van der Waals surface area contributed by atoms with E-state index in [-0.39, 0.29) is 11.5 Å². The lowest BCUT2D eigenvalue weighted by atomic mass is 10.1.